The largest absolute Gasteiger partial charge is 0.352 e. The minimum absolute atomic E-state index is 0.471. The first-order valence-corrected chi connectivity index (χ1v) is 4.01. The zero-order valence-electron chi connectivity index (χ0n) is 7.02. The van der Waals surface area contributed by atoms with E-state index < -0.39 is 6.03 Å². The fourth-order valence-electron chi connectivity index (χ4n) is 0.738. The van der Waals surface area contributed by atoms with Gasteiger partial charge in [-0.25, -0.2) is 4.79 Å². The molecule has 11 heavy (non-hydrogen) atoms. The maximum Gasteiger partial charge on any atom is 0.313 e. The summed E-state index contributed by atoms with van der Waals surface area (Å²) in [7, 11) is 0. The monoisotopic (exact) mass is 159 g/mol. The Hall–Kier alpha value is -0.770. The van der Waals surface area contributed by atoms with E-state index in [-0.39, 0.29) is 0 Å². The molecule has 0 saturated heterocycles. The Morgan fingerprint density at radius 1 is 1.45 bits per heavy atom. The number of hydrogen-bond acceptors (Lipinski definition) is 2. The van der Waals surface area contributed by atoms with Crippen LogP contribution in [0, 0.1) is 0 Å². The summed E-state index contributed by atoms with van der Waals surface area (Å²) >= 11 is 0. The molecule has 0 heterocycles. The van der Waals surface area contributed by atoms with Crippen LogP contribution in [-0.4, -0.2) is 19.2 Å². The minimum Gasteiger partial charge on any atom is -0.352 e. The molecule has 0 radical (unpaired) electrons. The Kier molecular flexibility index (Phi) is 6.82. The molecule has 0 fully saturated rings. The number of amides is 2. The van der Waals surface area contributed by atoms with Crippen molar-refractivity contribution in [2.24, 2.45) is 5.73 Å². The van der Waals surface area contributed by atoms with Gasteiger partial charge in [0, 0.05) is 0 Å². The molecule has 4 N–H and O–H groups in total. The first kappa shape index (κ1) is 10.2. The van der Waals surface area contributed by atoms with Crippen LogP contribution in [0.2, 0.25) is 0 Å². The molecule has 0 aromatic carbocycles. The fourth-order valence-corrected chi connectivity index (χ4v) is 0.738. The maximum atomic E-state index is 10.2. The predicted molar refractivity (Wildman–Crippen MR) is 45.1 cm³/mol. The molecule has 0 aliphatic heterocycles. The standard InChI is InChI=1S/C7H17N3O/c1-2-3-4-5-9-6-10-7(8)11/h9H,2-6H2,1H3,(H3,8,10,11). The summed E-state index contributed by atoms with van der Waals surface area (Å²) in [4.78, 5) is 10.2. The highest BCUT2D eigenvalue weighted by Gasteiger charge is 1.88. The second-order valence-electron chi connectivity index (χ2n) is 2.42. The molecule has 0 spiro atoms. The lowest BCUT2D eigenvalue weighted by Crippen LogP contribution is -2.37. The topological polar surface area (TPSA) is 67.2 Å². The lowest BCUT2D eigenvalue weighted by atomic mass is 10.2. The second kappa shape index (κ2) is 7.34. The number of rotatable bonds is 6. The summed E-state index contributed by atoms with van der Waals surface area (Å²) in [5.74, 6) is 0. The van der Waals surface area contributed by atoms with E-state index in [1.807, 2.05) is 0 Å². The van der Waals surface area contributed by atoms with Crippen molar-refractivity contribution in [1.29, 1.82) is 0 Å². The molecule has 0 rings (SSSR count). The average Bonchev–Trinajstić information content (AvgIpc) is 1.96. The van der Waals surface area contributed by atoms with Gasteiger partial charge in [0.25, 0.3) is 0 Å². The van der Waals surface area contributed by atoms with Crippen molar-refractivity contribution in [1.82, 2.24) is 10.6 Å². The number of carbonyl (C=O) groups is 1. The van der Waals surface area contributed by atoms with Gasteiger partial charge in [-0.15, -0.1) is 0 Å². The number of unbranched alkanes of at least 4 members (excludes halogenated alkanes) is 2. The molecular weight excluding hydrogens is 142 g/mol. The Balaban J connectivity index is 2.85. The van der Waals surface area contributed by atoms with Gasteiger partial charge in [-0.3, -0.25) is 5.32 Å². The van der Waals surface area contributed by atoms with Crippen molar-refractivity contribution < 1.29 is 4.79 Å². The lowest BCUT2D eigenvalue weighted by Gasteiger charge is -2.03. The van der Waals surface area contributed by atoms with E-state index in [0.717, 1.165) is 13.0 Å². The molecule has 0 unspecified atom stereocenters. The van der Waals surface area contributed by atoms with E-state index in [9.17, 15) is 4.79 Å². The third kappa shape index (κ3) is 9.23. The first-order valence-electron chi connectivity index (χ1n) is 4.01. The smallest absolute Gasteiger partial charge is 0.313 e. The van der Waals surface area contributed by atoms with Crippen molar-refractivity contribution >= 4 is 6.03 Å². The molecule has 0 aliphatic carbocycles. The van der Waals surface area contributed by atoms with Gasteiger partial charge in [-0.05, 0) is 13.0 Å². The normalized spacial score (nSPS) is 9.55. The fraction of sp³-hybridized carbons (Fsp3) is 0.857. The van der Waals surface area contributed by atoms with Crippen LogP contribution in [0.5, 0.6) is 0 Å². The predicted octanol–water partition coefficient (Wildman–Crippen LogP) is 0.392. The molecule has 2 amide bonds. The van der Waals surface area contributed by atoms with E-state index >= 15 is 0 Å². The average molecular weight is 159 g/mol. The number of urea groups is 1. The molecule has 0 aliphatic rings. The van der Waals surface area contributed by atoms with Gasteiger partial charge in [0.2, 0.25) is 0 Å². The Morgan fingerprint density at radius 3 is 2.73 bits per heavy atom. The molecule has 0 bridgehead atoms. The molecule has 0 atom stereocenters. The van der Waals surface area contributed by atoms with Crippen LogP contribution in [0.3, 0.4) is 0 Å². The Morgan fingerprint density at radius 2 is 2.18 bits per heavy atom. The number of carbonyl (C=O) groups excluding carboxylic acids is 1. The molecular formula is C7H17N3O. The third-order valence-corrected chi connectivity index (χ3v) is 1.34. The lowest BCUT2D eigenvalue weighted by molar-refractivity contribution is 0.248. The molecule has 66 valence electrons. The Labute approximate surface area is 67.5 Å². The molecule has 0 saturated carbocycles. The zero-order valence-corrected chi connectivity index (χ0v) is 7.02. The highest BCUT2D eigenvalue weighted by atomic mass is 16.2. The molecule has 0 aromatic heterocycles. The Bertz CT molecular complexity index is 106. The quantitative estimate of drug-likeness (QED) is 0.388. The SMILES string of the molecule is CCCCCNCNC(N)=O. The zero-order chi connectivity index (χ0) is 8.53. The van der Waals surface area contributed by atoms with Gasteiger partial charge in [0.05, 0.1) is 6.67 Å². The number of hydrogen-bond donors (Lipinski definition) is 3. The first-order chi connectivity index (χ1) is 5.27. The van der Waals surface area contributed by atoms with Gasteiger partial charge in [-0.1, -0.05) is 19.8 Å². The molecule has 4 heteroatoms. The van der Waals surface area contributed by atoms with Gasteiger partial charge < -0.3 is 11.1 Å². The van der Waals surface area contributed by atoms with Crippen LogP contribution >= 0.6 is 0 Å². The van der Waals surface area contributed by atoms with Crippen LogP contribution in [-0.2, 0) is 0 Å². The van der Waals surface area contributed by atoms with Gasteiger partial charge in [-0.2, -0.15) is 0 Å². The van der Waals surface area contributed by atoms with E-state index in [1.54, 1.807) is 0 Å². The summed E-state index contributed by atoms with van der Waals surface area (Å²) in [6, 6.07) is -0.479. The summed E-state index contributed by atoms with van der Waals surface area (Å²) in [5, 5.41) is 5.49. The van der Waals surface area contributed by atoms with E-state index in [4.69, 9.17) is 5.73 Å². The van der Waals surface area contributed by atoms with Crippen molar-refractivity contribution in [3.63, 3.8) is 0 Å². The number of nitrogens with one attached hydrogen (secondary N) is 2. The van der Waals surface area contributed by atoms with Gasteiger partial charge in [0.1, 0.15) is 0 Å². The van der Waals surface area contributed by atoms with Gasteiger partial charge in [0.15, 0.2) is 0 Å². The summed E-state index contributed by atoms with van der Waals surface area (Å²) in [6.07, 6.45) is 3.59. The molecule has 4 nitrogen and oxygen atoms in total. The second-order valence-corrected chi connectivity index (χ2v) is 2.42. The summed E-state index contributed by atoms with van der Waals surface area (Å²) < 4.78 is 0. The van der Waals surface area contributed by atoms with E-state index in [0.29, 0.717) is 6.67 Å². The van der Waals surface area contributed by atoms with Crippen molar-refractivity contribution in [3.8, 4) is 0 Å². The summed E-state index contributed by atoms with van der Waals surface area (Å²) in [6.45, 7) is 3.56. The number of nitrogens with two attached hydrogens (primary N) is 1. The van der Waals surface area contributed by atoms with Crippen molar-refractivity contribution in [3.05, 3.63) is 0 Å². The van der Waals surface area contributed by atoms with Crippen molar-refractivity contribution in [2.45, 2.75) is 26.2 Å². The van der Waals surface area contributed by atoms with Crippen LogP contribution in [0.15, 0.2) is 0 Å². The van der Waals surface area contributed by atoms with Crippen LogP contribution in [0.25, 0.3) is 0 Å². The van der Waals surface area contributed by atoms with E-state index in [1.165, 1.54) is 12.8 Å². The minimum atomic E-state index is -0.479. The maximum absolute atomic E-state index is 10.2. The highest BCUT2D eigenvalue weighted by molar-refractivity contribution is 5.71. The van der Waals surface area contributed by atoms with Crippen molar-refractivity contribution in [2.75, 3.05) is 13.2 Å². The highest BCUT2D eigenvalue weighted by Crippen LogP contribution is 1.89. The van der Waals surface area contributed by atoms with Crippen LogP contribution in [0.1, 0.15) is 26.2 Å². The number of primary amides is 1. The van der Waals surface area contributed by atoms with Crippen LogP contribution in [0.4, 0.5) is 4.79 Å². The van der Waals surface area contributed by atoms with Gasteiger partial charge >= 0.3 is 6.03 Å². The van der Waals surface area contributed by atoms with Crippen LogP contribution < -0.4 is 16.4 Å². The third-order valence-electron chi connectivity index (χ3n) is 1.34. The molecule has 0 aromatic rings. The summed E-state index contributed by atoms with van der Waals surface area (Å²) in [5.41, 5.74) is 4.84. The van der Waals surface area contributed by atoms with E-state index in [2.05, 4.69) is 17.6 Å².